The summed E-state index contributed by atoms with van der Waals surface area (Å²) in [5.74, 6) is 0. The van der Waals surface area contributed by atoms with Gasteiger partial charge in [-0.25, -0.2) is 0 Å². The summed E-state index contributed by atoms with van der Waals surface area (Å²) < 4.78 is 17.0. The average Bonchev–Trinajstić information content (AvgIpc) is 1.25. The Morgan fingerprint density at radius 3 is 0.818 bits per heavy atom. The number of rotatable bonds is 0. The summed E-state index contributed by atoms with van der Waals surface area (Å²) in [6.07, 6.45) is 0. The van der Waals surface area contributed by atoms with Crippen molar-refractivity contribution in [2.45, 2.75) is 0 Å². The first-order valence-electron chi connectivity index (χ1n) is 1.22. The van der Waals surface area contributed by atoms with E-state index in [2.05, 4.69) is 0 Å². The molecule has 0 aromatic heterocycles. The molecular weight excluding hydrogens is 301 g/mol. The fourth-order valence-corrected chi connectivity index (χ4v) is 0. The first kappa shape index (κ1) is 29.6. The van der Waals surface area contributed by atoms with Crippen LogP contribution in [0, 0.1) is 0 Å². The molecule has 0 unspecified atom stereocenters. The van der Waals surface area contributed by atoms with Gasteiger partial charge in [0.2, 0.25) is 0 Å². The van der Waals surface area contributed by atoms with Crippen molar-refractivity contribution in [2.75, 3.05) is 0 Å². The van der Waals surface area contributed by atoms with E-state index in [1.54, 1.807) is 0 Å². The van der Waals surface area contributed by atoms with Crippen LogP contribution in [0.4, 0.5) is 0 Å². The Balaban J connectivity index is -0.0000000171. The van der Waals surface area contributed by atoms with Crippen molar-refractivity contribution in [1.29, 1.82) is 0 Å². The topological polar surface area (TPSA) is 126 Å². The number of hydrogen-bond acceptors (Lipinski definition) is 6. The van der Waals surface area contributed by atoms with Gasteiger partial charge in [0, 0.05) is 45.6 Å². The van der Waals surface area contributed by atoms with E-state index in [9.17, 15) is 0 Å². The Hall–Kier alpha value is 1.08. The molecule has 0 N–H and O–H groups in total. The first-order valence-corrected chi connectivity index (χ1v) is 3.67. The molecule has 0 spiro atoms. The maximum atomic E-state index is 8.52. The van der Waals surface area contributed by atoms with E-state index >= 15 is 0 Å². The Bertz CT molecular complexity index is 78.6. The zero-order valence-corrected chi connectivity index (χ0v) is 11.5. The van der Waals surface area contributed by atoms with E-state index in [0.717, 1.165) is 0 Å². The van der Waals surface area contributed by atoms with Crippen LogP contribution in [0.1, 0.15) is 0 Å². The molecule has 0 heterocycles. The van der Waals surface area contributed by atoms with Crippen molar-refractivity contribution in [3.05, 3.63) is 0 Å². The van der Waals surface area contributed by atoms with Crippen molar-refractivity contribution >= 4 is 45.6 Å². The monoisotopic (exact) mass is 300 g/mol. The van der Waals surface area contributed by atoms with Gasteiger partial charge < -0.3 is 28.1 Å². The predicted molar refractivity (Wildman–Crippen MR) is 25.6 cm³/mol. The molecule has 11 heteroatoms. The Labute approximate surface area is 99.3 Å². The standard InChI is InChI=1S/Al.2O3Si.P.Zr/c;2*1-4(2)3;;/q;2*-2;;+4. The summed E-state index contributed by atoms with van der Waals surface area (Å²) in [4.78, 5) is 34.1. The summed E-state index contributed by atoms with van der Waals surface area (Å²) >= 11 is 0. The second-order valence-electron chi connectivity index (χ2n) is 0.500. The van der Waals surface area contributed by atoms with Crippen molar-refractivity contribution in [1.82, 2.24) is 0 Å². The molecule has 0 atom stereocenters. The molecule has 56 valence electrons. The van der Waals surface area contributed by atoms with Gasteiger partial charge in [0.05, 0.1) is 0 Å². The third kappa shape index (κ3) is 784. The molecule has 6 nitrogen and oxygen atoms in total. The third-order valence-electron chi connectivity index (χ3n) is 0. The largest absolute Gasteiger partial charge is 4.00 e. The van der Waals surface area contributed by atoms with Crippen LogP contribution in [0.15, 0.2) is 0 Å². The van der Waals surface area contributed by atoms with Gasteiger partial charge in [-0.2, -0.15) is 0 Å². The summed E-state index contributed by atoms with van der Waals surface area (Å²) in [6.45, 7) is 0. The molecule has 0 saturated heterocycles. The summed E-state index contributed by atoms with van der Waals surface area (Å²) in [7, 11) is -7.26. The Morgan fingerprint density at radius 2 is 0.818 bits per heavy atom. The molecular formula is AlO6PSi2Zr. The summed E-state index contributed by atoms with van der Waals surface area (Å²) in [5, 5.41) is 0. The maximum Gasteiger partial charge on any atom is 4.00 e. The first-order chi connectivity index (χ1) is 3.46. The molecule has 0 aromatic carbocycles. The van der Waals surface area contributed by atoms with Crippen molar-refractivity contribution < 1.29 is 54.3 Å². The van der Waals surface area contributed by atoms with E-state index in [1.807, 2.05) is 0 Å². The van der Waals surface area contributed by atoms with Gasteiger partial charge in [0.15, 0.2) is 0 Å². The molecule has 0 bridgehead atoms. The average molecular weight is 301 g/mol. The van der Waals surface area contributed by atoms with Crippen LogP contribution in [-0.2, 0) is 35.1 Å². The molecule has 0 amide bonds. The minimum atomic E-state index is -3.63. The third-order valence-corrected chi connectivity index (χ3v) is 0. The van der Waals surface area contributed by atoms with Gasteiger partial charge in [-0.05, 0) is 0 Å². The van der Waals surface area contributed by atoms with E-state index in [-0.39, 0.29) is 53.5 Å². The fourth-order valence-electron chi connectivity index (χ4n) is 0. The van der Waals surface area contributed by atoms with Gasteiger partial charge in [0.25, 0.3) is 0 Å². The Kier molecular flexibility index (Phi) is 60.4. The molecule has 0 fully saturated rings. The SMILES string of the molecule is O=[Si]([O-])[O-].O=[Si]([O-])[O-].[Al].[P].[Zr+4]. The Morgan fingerprint density at radius 1 is 0.818 bits per heavy atom. The maximum absolute atomic E-state index is 8.52. The summed E-state index contributed by atoms with van der Waals surface area (Å²) in [5.41, 5.74) is 0. The molecule has 0 saturated carbocycles. The van der Waals surface area contributed by atoms with Crippen LogP contribution in [0.5, 0.6) is 0 Å². The molecule has 0 aliphatic rings. The van der Waals surface area contributed by atoms with Crippen LogP contribution in [-0.4, -0.2) is 35.7 Å². The van der Waals surface area contributed by atoms with Crippen LogP contribution >= 0.6 is 9.90 Å². The molecule has 0 aromatic rings. The van der Waals surface area contributed by atoms with E-state index in [1.165, 1.54) is 0 Å². The predicted octanol–water partition coefficient (Wildman–Crippen LogP) is -5.28. The van der Waals surface area contributed by atoms with Crippen LogP contribution < -0.4 is 19.2 Å². The normalized spacial score (nSPS) is 4.36. The zero-order chi connectivity index (χ0) is 7.15. The smallest absolute Gasteiger partial charge is 0.672 e. The minimum absolute atomic E-state index is 0. The van der Waals surface area contributed by atoms with Crippen molar-refractivity contribution in [2.24, 2.45) is 0 Å². The van der Waals surface area contributed by atoms with E-state index in [0.29, 0.717) is 0 Å². The van der Waals surface area contributed by atoms with Crippen molar-refractivity contribution in [3.8, 4) is 0 Å². The van der Waals surface area contributed by atoms with Crippen LogP contribution in [0.3, 0.4) is 0 Å². The van der Waals surface area contributed by atoms with E-state index in [4.69, 9.17) is 28.1 Å². The molecule has 0 aliphatic heterocycles. The van der Waals surface area contributed by atoms with Gasteiger partial charge >= 0.3 is 26.2 Å². The fraction of sp³-hybridized carbons (Fsp3) is 0. The van der Waals surface area contributed by atoms with E-state index < -0.39 is 18.3 Å². The van der Waals surface area contributed by atoms with Crippen LogP contribution in [0.25, 0.3) is 0 Å². The van der Waals surface area contributed by atoms with Crippen molar-refractivity contribution in [3.63, 3.8) is 0 Å². The zero-order valence-electron chi connectivity index (χ0n) is 4.97. The molecule has 11 heavy (non-hydrogen) atoms. The van der Waals surface area contributed by atoms with Gasteiger partial charge in [-0.3, -0.25) is 0 Å². The molecule has 6 radical (unpaired) electrons. The van der Waals surface area contributed by atoms with Crippen LogP contribution in [0.2, 0.25) is 0 Å². The van der Waals surface area contributed by atoms with Gasteiger partial charge in [-0.1, -0.05) is 0 Å². The summed E-state index contributed by atoms with van der Waals surface area (Å²) in [6, 6.07) is 0. The number of hydrogen-bond donors (Lipinski definition) is 0. The second kappa shape index (κ2) is 22.5. The van der Waals surface area contributed by atoms with Gasteiger partial charge in [0.1, 0.15) is 0 Å². The van der Waals surface area contributed by atoms with Gasteiger partial charge in [-0.15, -0.1) is 0 Å². The molecule has 0 aliphatic carbocycles. The molecule has 0 rings (SSSR count). The minimum Gasteiger partial charge on any atom is -0.672 e. The quantitative estimate of drug-likeness (QED) is 0.325. The second-order valence-corrected chi connectivity index (χ2v) is 1.50.